The van der Waals surface area contributed by atoms with Crippen LogP contribution in [0.1, 0.15) is 15.9 Å². The first kappa shape index (κ1) is 29.4. The lowest BCUT2D eigenvalue weighted by molar-refractivity contribution is 0.0600. The van der Waals surface area contributed by atoms with Gasteiger partial charge in [0.1, 0.15) is 28.0 Å². The molecule has 43 heavy (non-hydrogen) atoms. The number of pyridine rings is 2. The van der Waals surface area contributed by atoms with Crippen molar-refractivity contribution in [1.82, 2.24) is 9.97 Å². The van der Waals surface area contributed by atoms with Gasteiger partial charge < -0.3 is 20.3 Å². The SMILES string of the molecule is COC(=O)c1cc(CO)cc(-c2cc3cc(-c4cnc(OC)c(NS(=O)(=O)c5ccc(F)cc5F)c4)ccc3nc2N)c1. The average Bonchev–Trinajstić information content (AvgIpc) is 2.99. The van der Waals surface area contributed by atoms with Crippen LogP contribution < -0.4 is 15.2 Å². The largest absolute Gasteiger partial charge is 0.480 e. The van der Waals surface area contributed by atoms with Gasteiger partial charge in [-0.25, -0.2) is 32.0 Å². The Morgan fingerprint density at radius 3 is 2.47 bits per heavy atom. The van der Waals surface area contributed by atoms with Crippen molar-refractivity contribution in [1.29, 1.82) is 0 Å². The van der Waals surface area contributed by atoms with Crippen molar-refractivity contribution in [2.75, 3.05) is 24.7 Å². The molecule has 10 nitrogen and oxygen atoms in total. The Morgan fingerprint density at radius 2 is 1.77 bits per heavy atom. The lowest BCUT2D eigenvalue weighted by Crippen LogP contribution is -2.15. The number of nitrogen functional groups attached to an aromatic ring is 1. The van der Waals surface area contributed by atoms with Gasteiger partial charge in [-0.2, -0.15) is 0 Å². The van der Waals surface area contributed by atoms with Gasteiger partial charge in [-0.3, -0.25) is 4.72 Å². The second kappa shape index (κ2) is 11.6. The maximum Gasteiger partial charge on any atom is 0.337 e. The molecule has 4 N–H and O–H groups in total. The van der Waals surface area contributed by atoms with Crippen molar-refractivity contribution >= 4 is 38.4 Å². The van der Waals surface area contributed by atoms with Gasteiger partial charge >= 0.3 is 5.97 Å². The monoisotopic (exact) mass is 606 g/mol. The van der Waals surface area contributed by atoms with Crippen molar-refractivity contribution in [3.8, 4) is 28.1 Å². The quantitative estimate of drug-likeness (QED) is 0.209. The molecule has 220 valence electrons. The van der Waals surface area contributed by atoms with Gasteiger partial charge in [0.25, 0.3) is 10.0 Å². The number of aliphatic hydroxyl groups excluding tert-OH is 1. The third-order valence-corrected chi connectivity index (χ3v) is 7.96. The number of carbonyl (C=O) groups is 1. The standard InChI is InChI=1S/C30H24F2N4O6S/c1-41-29-26(36-43(39,40)27-6-4-22(31)13-24(27)32)12-21(14-34-29)17-3-5-25-19(9-17)11-23(28(33)35-25)18-7-16(15-37)8-20(10-18)30(38)42-2/h3-14,36-37H,15H2,1-2H3,(H2,33,35). The summed E-state index contributed by atoms with van der Waals surface area (Å²) < 4.78 is 65.8. The van der Waals surface area contributed by atoms with E-state index in [0.717, 1.165) is 12.1 Å². The fourth-order valence-corrected chi connectivity index (χ4v) is 5.62. The Morgan fingerprint density at radius 1 is 0.977 bits per heavy atom. The molecule has 5 rings (SSSR count). The number of sulfonamides is 1. The second-order valence-corrected chi connectivity index (χ2v) is 11.0. The molecular formula is C30H24F2N4O6S. The van der Waals surface area contributed by atoms with Crippen LogP contribution in [0.3, 0.4) is 0 Å². The minimum absolute atomic E-state index is 0.0717. The third kappa shape index (κ3) is 5.94. The molecule has 3 aromatic carbocycles. The first-order chi connectivity index (χ1) is 20.5. The zero-order valence-electron chi connectivity index (χ0n) is 22.8. The Balaban J connectivity index is 1.57. The Labute approximate surface area is 244 Å². The molecule has 0 bridgehead atoms. The van der Waals surface area contributed by atoms with E-state index in [-0.39, 0.29) is 29.6 Å². The topological polar surface area (TPSA) is 154 Å². The molecule has 0 unspecified atom stereocenters. The molecule has 2 heterocycles. The minimum Gasteiger partial charge on any atom is -0.480 e. The second-order valence-electron chi connectivity index (χ2n) is 9.36. The molecule has 13 heteroatoms. The molecular weight excluding hydrogens is 582 g/mol. The maximum absolute atomic E-state index is 14.3. The number of nitrogens with one attached hydrogen (secondary N) is 1. The van der Waals surface area contributed by atoms with Crippen molar-refractivity contribution in [2.24, 2.45) is 0 Å². The summed E-state index contributed by atoms with van der Waals surface area (Å²) in [5.74, 6) is -2.62. The van der Waals surface area contributed by atoms with Crippen molar-refractivity contribution in [3.63, 3.8) is 0 Å². The minimum atomic E-state index is -4.47. The van der Waals surface area contributed by atoms with Crippen LogP contribution in [-0.2, 0) is 21.4 Å². The summed E-state index contributed by atoms with van der Waals surface area (Å²) in [5, 5.41) is 10.4. The number of ether oxygens (including phenoxy) is 2. The predicted molar refractivity (Wildman–Crippen MR) is 156 cm³/mol. The maximum atomic E-state index is 14.3. The number of halogens is 2. The summed E-state index contributed by atoms with van der Waals surface area (Å²) in [5.41, 5.74) is 9.62. The van der Waals surface area contributed by atoms with Crippen LogP contribution >= 0.6 is 0 Å². The van der Waals surface area contributed by atoms with Gasteiger partial charge in [-0.05, 0) is 71.3 Å². The van der Waals surface area contributed by atoms with E-state index in [1.165, 1.54) is 32.5 Å². The normalized spacial score (nSPS) is 11.4. The molecule has 0 aliphatic heterocycles. The summed E-state index contributed by atoms with van der Waals surface area (Å²) in [4.78, 5) is 20.1. The third-order valence-electron chi connectivity index (χ3n) is 6.56. The van der Waals surface area contributed by atoms with Gasteiger partial charge in [0.05, 0.1) is 31.9 Å². The summed E-state index contributed by atoms with van der Waals surface area (Å²) in [6, 6.07) is 15.4. The Bertz CT molecular complexity index is 2000. The van der Waals surface area contributed by atoms with Gasteiger partial charge in [-0.1, -0.05) is 6.07 Å². The molecule has 0 amide bonds. The zero-order valence-corrected chi connectivity index (χ0v) is 23.6. The molecule has 0 atom stereocenters. The molecule has 0 saturated carbocycles. The molecule has 0 aliphatic rings. The molecule has 5 aromatic rings. The highest BCUT2D eigenvalue weighted by atomic mass is 32.2. The number of fused-ring (bicyclic) bond motifs is 1. The number of aliphatic hydroxyl groups is 1. The summed E-state index contributed by atoms with van der Waals surface area (Å²) in [7, 11) is -1.92. The van der Waals surface area contributed by atoms with E-state index in [9.17, 15) is 27.1 Å². The number of aromatic nitrogens is 2. The lowest BCUT2D eigenvalue weighted by atomic mass is 9.98. The number of nitrogens with two attached hydrogens (primary N) is 1. The highest BCUT2D eigenvalue weighted by Crippen LogP contribution is 2.34. The molecule has 0 spiro atoms. The smallest absolute Gasteiger partial charge is 0.337 e. The highest BCUT2D eigenvalue weighted by Gasteiger charge is 2.22. The number of hydrogen-bond donors (Lipinski definition) is 3. The van der Waals surface area contributed by atoms with E-state index in [2.05, 4.69) is 14.7 Å². The van der Waals surface area contributed by atoms with Crippen LogP contribution in [0.15, 0.2) is 77.8 Å². The van der Waals surface area contributed by atoms with E-state index in [0.29, 0.717) is 44.8 Å². The Hall–Kier alpha value is -5.14. The molecule has 0 radical (unpaired) electrons. The van der Waals surface area contributed by atoms with E-state index >= 15 is 0 Å². The summed E-state index contributed by atoms with van der Waals surface area (Å²) >= 11 is 0. The number of anilines is 2. The van der Waals surface area contributed by atoms with Crippen LogP contribution in [0.5, 0.6) is 5.88 Å². The summed E-state index contributed by atoms with van der Waals surface area (Å²) in [6.07, 6.45) is 1.47. The van der Waals surface area contributed by atoms with Gasteiger partial charge in [0.2, 0.25) is 5.88 Å². The predicted octanol–water partition coefficient (Wildman–Crippen LogP) is 4.91. The van der Waals surface area contributed by atoms with Crippen LogP contribution in [0.4, 0.5) is 20.3 Å². The van der Waals surface area contributed by atoms with E-state index in [1.54, 1.807) is 36.4 Å². The number of hydrogen-bond acceptors (Lipinski definition) is 9. The molecule has 0 aliphatic carbocycles. The number of rotatable bonds is 8. The number of nitrogens with zero attached hydrogens (tertiary/aromatic N) is 2. The van der Waals surface area contributed by atoms with Gasteiger partial charge in [0.15, 0.2) is 0 Å². The van der Waals surface area contributed by atoms with E-state index in [1.807, 2.05) is 0 Å². The van der Waals surface area contributed by atoms with Crippen molar-refractivity contribution in [2.45, 2.75) is 11.5 Å². The van der Waals surface area contributed by atoms with Crippen molar-refractivity contribution in [3.05, 3.63) is 95.7 Å². The number of methoxy groups -OCH3 is 2. The van der Waals surface area contributed by atoms with Gasteiger partial charge in [0, 0.05) is 28.8 Å². The van der Waals surface area contributed by atoms with Crippen LogP contribution in [0.2, 0.25) is 0 Å². The fourth-order valence-electron chi connectivity index (χ4n) is 4.52. The lowest BCUT2D eigenvalue weighted by Gasteiger charge is -2.14. The number of esters is 1. The number of benzene rings is 3. The average molecular weight is 607 g/mol. The first-order valence-electron chi connectivity index (χ1n) is 12.6. The van der Waals surface area contributed by atoms with Crippen LogP contribution in [0.25, 0.3) is 33.2 Å². The van der Waals surface area contributed by atoms with Crippen molar-refractivity contribution < 1.29 is 36.6 Å². The van der Waals surface area contributed by atoms with Crippen LogP contribution in [0, 0.1) is 11.6 Å². The summed E-state index contributed by atoms with van der Waals surface area (Å²) in [6.45, 7) is -0.312. The first-order valence-corrected chi connectivity index (χ1v) is 14.1. The number of carbonyl (C=O) groups excluding carboxylic acids is 1. The van der Waals surface area contributed by atoms with Crippen LogP contribution in [-0.4, -0.2) is 43.7 Å². The highest BCUT2D eigenvalue weighted by molar-refractivity contribution is 7.92. The molecule has 2 aromatic heterocycles. The van der Waals surface area contributed by atoms with E-state index < -0.39 is 32.5 Å². The molecule has 0 saturated heterocycles. The molecule has 0 fully saturated rings. The van der Waals surface area contributed by atoms with Gasteiger partial charge in [-0.15, -0.1) is 0 Å². The zero-order chi connectivity index (χ0) is 30.9. The fraction of sp³-hybridized carbons (Fsp3) is 0.100. The Kier molecular flexibility index (Phi) is 7.93. The van der Waals surface area contributed by atoms with E-state index in [4.69, 9.17) is 15.2 Å².